The lowest BCUT2D eigenvalue weighted by atomic mass is 10.1. The Morgan fingerprint density at radius 1 is 1.05 bits per heavy atom. The molecule has 2 aromatic carbocycles. The van der Waals surface area contributed by atoms with E-state index in [1.54, 1.807) is 0 Å². The van der Waals surface area contributed by atoms with E-state index in [1.807, 2.05) is 48.7 Å². The summed E-state index contributed by atoms with van der Waals surface area (Å²) >= 11 is 0. The molecule has 0 bridgehead atoms. The number of nitrogens with one attached hydrogen (secondary N) is 1. The van der Waals surface area contributed by atoms with Gasteiger partial charge in [0.2, 0.25) is 0 Å². The highest BCUT2D eigenvalue weighted by Gasteiger charge is 2.24. The summed E-state index contributed by atoms with van der Waals surface area (Å²) < 4.78 is 0. The molecule has 3 heteroatoms. The summed E-state index contributed by atoms with van der Waals surface area (Å²) in [6.07, 6.45) is 1.97. The van der Waals surface area contributed by atoms with Crippen LogP contribution in [-0.4, -0.2) is 12.5 Å². The number of benzene rings is 2. The number of nitrogens with zero attached hydrogens (tertiary/aromatic N) is 1. The van der Waals surface area contributed by atoms with E-state index in [9.17, 15) is 4.79 Å². The highest BCUT2D eigenvalue weighted by Crippen LogP contribution is 2.32. The molecule has 0 fully saturated rings. The SMILES string of the molecule is CC(C)CN(C=C1C(=O)Nc2ccccc21)c1ccccc1. The Morgan fingerprint density at radius 3 is 2.45 bits per heavy atom. The predicted octanol–water partition coefficient (Wildman–Crippen LogP) is 4.14. The van der Waals surface area contributed by atoms with Crippen molar-refractivity contribution in [3.63, 3.8) is 0 Å². The lowest BCUT2D eigenvalue weighted by Gasteiger charge is -2.23. The number of carbonyl (C=O) groups excluding carboxylic acids is 1. The van der Waals surface area contributed by atoms with E-state index in [0.717, 1.165) is 29.1 Å². The van der Waals surface area contributed by atoms with E-state index in [2.05, 4.69) is 36.2 Å². The molecule has 0 radical (unpaired) electrons. The highest BCUT2D eigenvalue weighted by atomic mass is 16.2. The summed E-state index contributed by atoms with van der Waals surface area (Å²) in [5.74, 6) is 0.461. The standard InChI is InChI=1S/C19H20N2O/c1-14(2)12-21(15-8-4-3-5-9-15)13-17-16-10-6-7-11-18(16)20-19(17)22/h3-11,13-14H,12H2,1-2H3,(H,20,22). The smallest absolute Gasteiger partial charge is 0.257 e. The quantitative estimate of drug-likeness (QED) is 0.859. The highest BCUT2D eigenvalue weighted by molar-refractivity contribution is 6.31. The van der Waals surface area contributed by atoms with E-state index >= 15 is 0 Å². The Bertz CT molecular complexity index is 704. The first-order valence-corrected chi connectivity index (χ1v) is 7.59. The molecule has 0 unspecified atom stereocenters. The van der Waals surface area contributed by atoms with Crippen LogP contribution in [0.4, 0.5) is 11.4 Å². The van der Waals surface area contributed by atoms with Gasteiger partial charge in [0.1, 0.15) is 0 Å². The van der Waals surface area contributed by atoms with Gasteiger partial charge in [0.05, 0.1) is 5.57 Å². The first-order valence-electron chi connectivity index (χ1n) is 7.59. The Kier molecular flexibility index (Phi) is 3.96. The van der Waals surface area contributed by atoms with Crippen LogP contribution in [0.2, 0.25) is 0 Å². The average molecular weight is 292 g/mol. The van der Waals surface area contributed by atoms with Crippen molar-refractivity contribution in [1.82, 2.24) is 0 Å². The van der Waals surface area contributed by atoms with Crippen LogP contribution in [0.3, 0.4) is 0 Å². The minimum Gasteiger partial charge on any atom is -0.347 e. The summed E-state index contributed by atoms with van der Waals surface area (Å²) in [5, 5.41) is 2.92. The van der Waals surface area contributed by atoms with Gasteiger partial charge in [0.15, 0.2) is 0 Å². The third-order valence-electron chi connectivity index (χ3n) is 3.64. The van der Waals surface area contributed by atoms with Gasteiger partial charge in [0, 0.05) is 29.7 Å². The minimum absolute atomic E-state index is 0.0362. The second-order valence-electron chi connectivity index (χ2n) is 5.92. The summed E-state index contributed by atoms with van der Waals surface area (Å²) in [5.41, 5.74) is 3.68. The molecule has 2 aromatic rings. The van der Waals surface area contributed by atoms with Crippen LogP contribution in [0, 0.1) is 5.92 Å². The molecular weight excluding hydrogens is 272 g/mol. The molecule has 0 aliphatic carbocycles. The van der Waals surface area contributed by atoms with Gasteiger partial charge < -0.3 is 10.2 Å². The number of para-hydroxylation sites is 2. The molecule has 0 spiro atoms. The van der Waals surface area contributed by atoms with E-state index in [4.69, 9.17) is 0 Å². The lowest BCUT2D eigenvalue weighted by molar-refractivity contribution is -0.110. The Morgan fingerprint density at radius 2 is 1.73 bits per heavy atom. The molecule has 0 saturated heterocycles. The van der Waals surface area contributed by atoms with Crippen molar-refractivity contribution < 1.29 is 4.79 Å². The zero-order valence-corrected chi connectivity index (χ0v) is 12.9. The van der Waals surface area contributed by atoms with E-state index in [1.165, 1.54) is 0 Å². The summed E-state index contributed by atoms with van der Waals surface area (Å²) in [4.78, 5) is 14.4. The molecule has 1 amide bonds. The first-order chi connectivity index (χ1) is 10.6. The van der Waals surface area contributed by atoms with Crippen molar-refractivity contribution in [3.05, 3.63) is 66.4 Å². The Balaban J connectivity index is 2.01. The summed E-state index contributed by atoms with van der Waals surface area (Å²) in [7, 11) is 0. The zero-order valence-electron chi connectivity index (χ0n) is 12.9. The van der Waals surface area contributed by atoms with Gasteiger partial charge in [-0.3, -0.25) is 4.79 Å². The Labute approximate surface area is 131 Å². The second kappa shape index (κ2) is 6.06. The number of fused-ring (bicyclic) bond motifs is 1. The average Bonchev–Trinajstić information content (AvgIpc) is 2.83. The fraction of sp³-hybridized carbons (Fsp3) is 0.211. The van der Waals surface area contributed by atoms with Crippen molar-refractivity contribution >= 4 is 22.9 Å². The van der Waals surface area contributed by atoms with Crippen molar-refractivity contribution in [2.75, 3.05) is 16.8 Å². The predicted molar refractivity (Wildman–Crippen MR) is 91.7 cm³/mol. The van der Waals surface area contributed by atoms with Gasteiger partial charge in [-0.25, -0.2) is 0 Å². The van der Waals surface area contributed by atoms with E-state index in [0.29, 0.717) is 5.92 Å². The molecule has 1 N–H and O–H groups in total. The fourth-order valence-corrected chi connectivity index (χ4v) is 2.67. The van der Waals surface area contributed by atoms with Crippen molar-refractivity contribution in [2.24, 2.45) is 5.92 Å². The molecule has 1 aliphatic heterocycles. The maximum atomic E-state index is 12.3. The monoisotopic (exact) mass is 292 g/mol. The lowest BCUT2D eigenvalue weighted by Crippen LogP contribution is -2.23. The number of carbonyl (C=O) groups is 1. The third kappa shape index (κ3) is 2.89. The van der Waals surface area contributed by atoms with Crippen LogP contribution >= 0.6 is 0 Å². The van der Waals surface area contributed by atoms with Crippen LogP contribution in [0.1, 0.15) is 19.4 Å². The van der Waals surface area contributed by atoms with Crippen LogP contribution in [0.25, 0.3) is 5.57 Å². The maximum absolute atomic E-state index is 12.3. The molecule has 1 aliphatic rings. The van der Waals surface area contributed by atoms with Crippen LogP contribution in [0.5, 0.6) is 0 Å². The molecule has 0 saturated carbocycles. The second-order valence-corrected chi connectivity index (χ2v) is 5.92. The van der Waals surface area contributed by atoms with Crippen molar-refractivity contribution in [3.8, 4) is 0 Å². The molecule has 112 valence electrons. The van der Waals surface area contributed by atoms with Gasteiger partial charge >= 0.3 is 0 Å². The third-order valence-corrected chi connectivity index (χ3v) is 3.64. The molecule has 0 atom stereocenters. The van der Waals surface area contributed by atoms with Crippen molar-refractivity contribution in [2.45, 2.75) is 13.8 Å². The number of hydrogen-bond acceptors (Lipinski definition) is 2. The Hall–Kier alpha value is -2.55. The maximum Gasteiger partial charge on any atom is 0.257 e. The van der Waals surface area contributed by atoms with Gasteiger partial charge in [-0.15, -0.1) is 0 Å². The molecule has 1 heterocycles. The summed E-state index contributed by atoms with van der Waals surface area (Å²) in [6, 6.07) is 18.0. The zero-order chi connectivity index (χ0) is 15.5. The summed E-state index contributed by atoms with van der Waals surface area (Å²) in [6.45, 7) is 5.22. The molecular formula is C19H20N2O. The van der Waals surface area contributed by atoms with Crippen LogP contribution < -0.4 is 10.2 Å². The molecule has 3 nitrogen and oxygen atoms in total. The number of rotatable bonds is 4. The molecule has 22 heavy (non-hydrogen) atoms. The normalized spacial score (nSPS) is 15.0. The number of anilines is 2. The largest absolute Gasteiger partial charge is 0.347 e. The van der Waals surface area contributed by atoms with Crippen LogP contribution in [-0.2, 0) is 4.79 Å². The molecule has 3 rings (SSSR count). The minimum atomic E-state index is -0.0362. The van der Waals surface area contributed by atoms with Crippen LogP contribution in [0.15, 0.2) is 60.8 Å². The number of amides is 1. The van der Waals surface area contributed by atoms with Gasteiger partial charge in [0.25, 0.3) is 5.91 Å². The van der Waals surface area contributed by atoms with Crippen molar-refractivity contribution in [1.29, 1.82) is 0 Å². The topological polar surface area (TPSA) is 32.3 Å². The van der Waals surface area contributed by atoms with E-state index in [-0.39, 0.29) is 5.91 Å². The molecule has 0 aromatic heterocycles. The number of hydrogen-bond donors (Lipinski definition) is 1. The first kappa shape index (κ1) is 14.4. The van der Waals surface area contributed by atoms with Gasteiger partial charge in [-0.05, 0) is 24.1 Å². The van der Waals surface area contributed by atoms with E-state index < -0.39 is 0 Å². The fourth-order valence-electron chi connectivity index (χ4n) is 2.67. The van der Waals surface area contributed by atoms with Gasteiger partial charge in [-0.1, -0.05) is 50.2 Å². The van der Waals surface area contributed by atoms with Gasteiger partial charge in [-0.2, -0.15) is 0 Å².